The molecule has 0 atom stereocenters. The molecule has 138 valence electrons. The minimum absolute atomic E-state index is 0. The number of halogens is 3. The first-order chi connectivity index (χ1) is 10.5. The molecular formula is C20H29Cl3SiTi. The van der Waals surface area contributed by atoms with Crippen molar-refractivity contribution in [3.05, 3.63) is 49.5 Å². The molecule has 0 saturated heterocycles. The molecule has 0 bridgehead atoms. The molecule has 1 aromatic rings. The van der Waals surface area contributed by atoms with Crippen LogP contribution in [0.5, 0.6) is 0 Å². The number of rotatable bonds is 7. The molecule has 0 amide bonds. The molecule has 0 heterocycles. The zero-order valence-corrected chi connectivity index (χ0v) is 21.1. The third-order valence-electron chi connectivity index (χ3n) is 4.64. The Hall–Kier alpha value is 0.501. The summed E-state index contributed by atoms with van der Waals surface area (Å²) in [5, 5.41) is 3.42. The molecule has 0 N–H and O–H groups in total. The molecule has 0 radical (unpaired) electrons. The van der Waals surface area contributed by atoms with Gasteiger partial charge in [0, 0.05) is 0 Å². The quantitative estimate of drug-likeness (QED) is 0.290. The Balaban J connectivity index is 0. The number of benzene rings is 1. The smallest absolute Gasteiger partial charge is 1.00 e. The van der Waals surface area contributed by atoms with Crippen molar-refractivity contribution in [3.63, 3.8) is 0 Å². The summed E-state index contributed by atoms with van der Waals surface area (Å²) in [6.45, 7) is 9.09. The van der Waals surface area contributed by atoms with Crippen LogP contribution in [0.2, 0.25) is 0 Å². The molecule has 0 unspecified atom stereocenters. The van der Waals surface area contributed by atoms with Gasteiger partial charge in [-0.25, -0.2) is 0 Å². The van der Waals surface area contributed by atoms with Gasteiger partial charge in [-0.3, -0.25) is 0 Å². The molecule has 1 aliphatic rings. The zero-order valence-electron chi connectivity index (χ0n) is 15.8. The van der Waals surface area contributed by atoms with E-state index in [9.17, 15) is 0 Å². The van der Waals surface area contributed by atoms with E-state index in [1.165, 1.54) is 49.7 Å². The van der Waals surface area contributed by atoms with Gasteiger partial charge >= 0.3 is 151 Å². The number of unbranched alkanes of at least 4 members (excludes halogenated alkanes) is 2. The van der Waals surface area contributed by atoms with Gasteiger partial charge in [0.2, 0.25) is 0 Å². The van der Waals surface area contributed by atoms with Gasteiger partial charge in [0.1, 0.15) is 0 Å². The average Bonchev–Trinajstić information content (AvgIpc) is 2.74. The largest absolute Gasteiger partial charge is 1.00 e. The van der Waals surface area contributed by atoms with Gasteiger partial charge in [-0.15, -0.1) is 0 Å². The maximum absolute atomic E-state index is 2.42. The molecule has 0 aliphatic heterocycles. The molecule has 1 aliphatic carbocycles. The molecule has 0 fully saturated rings. The van der Waals surface area contributed by atoms with Gasteiger partial charge < -0.3 is 37.2 Å². The SMILES string of the molecule is CCCCCC1=C(CC)[C]([Ti+3])=C([SiH2]c2cc(C)cc(C)c2)C1.[Cl-].[Cl-].[Cl-]. The first-order valence-electron chi connectivity index (χ1n) is 8.77. The number of hydrogen-bond acceptors (Lipinski definition) is 0. The van der Waals surface area contributed by atoms with Crippen molar-refractivity contribution in [2.75, 3.05) is 0 Å². The molecule has 0 spiro atoms. The minimum atomic E-state index is -0.289. The summed E-state index contributed by atoms with van der Waals surface area (Å²) in [5.74, 6) is 0. The maximum Gasteiger partial charge on any atom is -1.00 e. The molecule has 0 nitrogen and oxygen atoms in total. The van der Waals surface area contributed by atoms with E-state index in [-0.39, 0.29) is 46.7 Å². The normalized spacial score (nSPS) is 13.8. The van der Waals surface area contributed by atoms with Crippen LogP contribution in [-0.4, -0.2) is 9.52 Å². The number of allylic oxidation sites excluding steroid dienone is 4. The van der Waals surface area contributed by atoms with Crippen molar-refractivity contribution in [1.29, 1.82) is 0 Å². The Kier molecular flexibility index (Phi) is 15.1. The second kappa shape index (κ2) is 13.6. The van der Waals surface area contributed by atoms with Crippen LogP contribution in [0.15, 0.2) is 38.4 Å². The van der Waals surface area contributed by atoms with E-state index in [1.54, 1.807) is 25.4 Å². The Bertz CT molecular complexity index is 589. The van der Waals surface area contributed by atoms with Crippen LogP contribution in [0, 0.1) is 13.8 Å². The van der Waals surface area contributed by atoms with Crippen molar-refractivity contribution in [3.8, 4) is 0 Å². The van der Waals surface area contributed by atoms with E-state index >= 15 is 0 Å². The maximum atomic E-state index is 2.42. The van der Waals surface area contributed by atoms with Gasteiger partial charge in [-0.05, 0) is 0 Å². The molecule has 0 saturated carbocycles. The average molecular weight is 452 g/mol. The van der Waals surface area contributed by atoms with Crippen LogP contribution in [-0.2, 0) is 20.4 Å². The fraction of sp³-hybridized carbons (Fsp3) is 0.500. The second-order valence-corrected chi connectivity index (χ2v) is 9.53. The predicted molar refractivity (Wildman–Crippen MR) is 97.2 cm³/mol. The molecule has 1 aromatic carbocycles. The summed E-state index contributed by atoms with van der Waals surface area (Å²) in [6, 6.07) is 7.13. The fourth-order valence-electron chi connectivity index (χ4n) is 3.67. The van der Waals surface area contributed by atoms with Crippen molar-refractivity contribution >= 4 is 14.7 Å². The first kappa shape index (κ1) is 27.7. The molecule has 2 rings (SSSR count). The van der Waals surface area contributed by atoms with E-state index in [1.807, 2.05) is 0 Å². The summed E-state index contributed by atoms with van der Waals surface area (Å²) in [4.78, 5) is 0. The van der Waals surface area contributed by atoms with Gasteiger partial charge in [0.15, 0.2) is 0 Å². The summed E-state index contributed by atoms with van der Waals surface area (Å²) in [6.07, 6.45) is 7.92. The number of hydrogen-bond donors (Lipinski definition) is 0. The minimum Gasteiger partial charge on any atom is -1.00 e. The van der Waals surface area contributed by atoms with Crippen LogP contribution in [0.3, 0.4) is 0 Å². The van der Waals surface area contributed by atoms with E-state index < -0.39 is 0 Å². The van der Waals surface area contributed by atoms with Crippen LogP contribution >= 0.6 is 0 Å². The van der Waals surface area contributed by atoms with E-state index in [2.05, 4.69) is 66.3 Å². The van der Waals surface area contributed by atoms with E-state index in [0.29, 0.717) is 0 Å². The van der Waals surface area contributed by atoms with Gasteiger partial charge in [0.25, 0.3) is 0 Å². The second-order valence-electron chi connectivity index (χ2n) is 6.72. The molecule has 25 heavy (non-hydrogen) atoms. The summed E-state index contributed by atoms with van der Waals surface area (Å²) < 4.78 is 1.65. The van der Waals surface area contributed by atoms with Gasteiger partial charge in [0.05, 0.1) is 0 Å². The predicted octanol–water partition coefficient (Wildman–Crippen LogP) is -4.44. The first-order valence-corrected chi connectivity index (χ1v) is 11.0. The topological polar surface area (TPSA) is 0 Å². The third kappa shape index (κ3) is 7.95. The van der Waals surface area contributed by atoms with Crippen LogP contribution in [0.1, 0.15) is 63.5 Å². The summed E-state index contributed by atoms with van der Waals surface area (Å²) in [7, 11) is -0.289. The third-order valence-corrected chi connectivity index (χ3v) is 8.07. The van der Waals surface area contributed by atoms with Crippen LogP contribution < -0.4 is 42.4 Å². The fourth-order valence-corrected chi connectivity index (χ4v) is 6.93. The van der Waals surface area contributed by atoms with Crippen molar-refractivity contribution in [1.82, 2.24) is 0 Å². The molecule has 5 heteroatoms. The molecule has 0 aromatic heterocycles. The van der Waals surface area contributed by atoms with Crippen molar-refractivity contribution in [2.45, 2.75) is 66.2 Å². The van der Waals surface area contributed by atoms with E-state index in [0.717, 1.165) is 0 Å². The van der Waals surface area contributed by atoms with Crippen molar-refractivity contribution < 1.29 is 57.7 Å². The van der Waals surface area contributed by atoms with Gasteiger partial charge in [-0.2, -0.15) is 0 Å². The molecular weight excluding hydrogens is 423 g/mol. The Morgan fingerprint density at radius 2 is 1.56 bits per heavy atom. The van der Waals surface area contributed by atoms with Gasteiger partial charge in [-0.1, -0.05) is 0 Å². The Morgan fingerprint density at radius 1 is 0.960 bits per heavy atom. The Morgan fingerprint density at radius 3 is 2.08 bits per heavy atom. The van der Waals surface area contributed by atoms with E-state index in [4.69, 9.17) is 0 Å². The van der Waals surface area contributed by atoms with Crippen LogP contribution in [0.25, 0.3) is 0 Å². The summed E-state index contributed by atoms with van der Waals surface area (Å²) >= 11 is 2.39. The Labute approximate surface area is 187 Å². The van der Waals surface area contributed by atoms with Crippen molar-refractivity contribution in [2.24, 2.45) is 0 Å². The number of aryl methyl sites for hydroxylation is 2. The van der Waals surface area contributed by atoms with Crippen LogP contribution in [0.4, 0.5) is 0 Å². The summed E-state index contributed by atoms with van der Waals surface area (Å²) in [5.41, 5.74) is 6.31. The standard InChI is InChI=1S/C20H29Si.3ClH.Ti/c1-5-7-8-9-18-14-20(13-17(18)6-2)21-19-11-15(3)10-16(4)12-19;;;;/h10-12H,5-9,14,21H2,1-4H3;3*1H;/q;;;;+3/p-3. The zero-order chi connectivity index (χ0) is 16.1. The monoisotopic (exact) mass is 450 g/mol.